The van der Waals surface area contributed by atoms with Gasteiger partial charge in [-0.2, -0.15) is 0 Å². The van der Waals surface area contributed by atoms with Gasteiger partial charge < -0.3 is 4.98 Å². The van der Waals surface area contributed by atoms with Gasteiger partial charge in [0.15, 0.2) is 0 Å². The van der Waals surface area contributed by atoms with Crippen LogP contribution in [0.5, 0.6) is 0 Å². The third-order valence-corrected chi connectivity index (χ3v) is 3.59. The normalized spacial score (nSPS) is 10.9. The predicted molar refractivity (Wildman–Crippen MR) is 81.4 cm³/mol. The lowest BCUT2D eigenvalue weighted by Crippen LogP contribution is -1.89. The Bertz CT molecular complexity index is 604. The summed E-state index contributed by atoms with van der Waals surface area (Å²) in [5.74, 6) is 0. The molecule has 3 rings (SSSR count). The highest BCUT2D eigenvalue weighted by Crippen LogP contribution is 2.16. The Morgan fingerprint density at radius 3 is 2.32 bits per heavy atom. The van der Waals surface area contributed by atoms with E-state index in [0.717, 1.165) is 6.42 Å². The first kappa shape index (κ1) is 12.0. The maximum atomic E-state index is 3.49. The van der Waals surface area contributed by atoms with E-state index in [1.807, 2.05) is 0 Å². The van der Waals surface area contributed by atoms with Crippen molar-refractivity contribution in [2.75, 3.05) is 0 Å². The standard InChI is InChI=1S/C18H19N/c1-2-8-15(9-3-1)10-4-6-12-17-14-16-11-5-7-13-18(16)19-17/h1-3,5,7-9,11,13-14,19H,4,6,10,12H2. The van der Waals surface area contributed by atoms with Gasteiger partial charge in [0.1, 0.15) is 0 Å². The number of nitrogens with one attached hydrogen (secondary N) is 1. The van der Waals surface area contributed by atoms with Crippen LogP contribution in [-0.2, 0) is 12.8 Å². The van der Waals surface area contributed by atoms with E-state index in [1.54, 1.807) is 0 Å². The fourth-order valence-electron chi connectivity index (χ4n) is 2.56. The molecule has 0 saturated carbocycles. The molecule has 0 aliphatic heterocycles. The van der Waals surface area contributed by atoms with Gasteiger partial charge >= 0.3 is 0 Å². The van der Waals surface area contributed by atoms with Crippen LogP contribution in [0, 0.1) is 0 Å². The number of unbranched alkanes of at least 4 members (excludes halogenated alkanes) is 1. The molecule has 96 valence electrons. The molecule has 0 aliphatic rings. The number of benzene rings is 2. The van der Waals surface area contributed by atoms with Crippen LogP contribution in [0.25, 0.3) is 10.9 Å². The van der Waals surface area contributed by atoms with Crippen molar-refractivity contribution in [3.63, 3.8) is 0 Å². The molecular formula is C18H19N. The molecular weight excluding hydrogens is 230 g/mol. The highest BCUT2D eigenvalue weighted by Gasteiger charge is 2.00. The van der Waals surface area contributed by atoms with E-state index in [2.05, 4.69) is 65.6 Å². The molecule has 0 atom stereocenters. The van der Waals surface area contributed by atoms with Crippen molar-refractivity contribution in [3.05, 3.63) is 71.9 Å². The van der Waals surface area contributed by atoms with Gasteiger partial charge in [0.2, 0.25) is 0 Å². The van der Waals surface area contributed by atoms with Crippen LogP contribution >= 0.6 is 0 Å². The second-order valence-electron chi connectivity index (χ2n) is 5.07. The van der Waals surface area contributed by atoms with E-state index < -0.39 is 0 Å². The average molecular weight is 249 g/mol. The first-order chi connectivity index (χ1) is 9.42. The van der Waals surface area contributed by atoms with Crippen LogP contribution in [0.2, 0.25) is 0 Å². The Kier molecular flexibility index (Phi) is 3.64. The van der Waals surface area contributed by atoms with Gasteiger partial charge in [-0.3, -0.25) is 0 Å². The van der Waals surface area contributed by atoms with Gasteiger partial charge in [-0.25, -0.2) is 0 Å². The molecule has 0 unspecified atom stereocenters. The molecule has 1 aromatic heterocycles. The SMILES string of the molecule is c1ccc(CCCCc2cc3ccccc3[nH]2)cc1. The molecule has 0 bridgehead atoms. The fourth-order valence-corrected chi connectivity index (χ4v) is 2.56. The molecule has 0 saturated heterocycles. The minimum atomic E-state index is 1.14. The van der Waals surface area contributed by atoms with Crippen LogP contribution in [0.4, 0.5) is 0 Å². The molecule has 0 radical (unpaired) electrons. The Labute approximate surface area is 114 Å². The summed E-state index contributed by atoms with van der Waals surface area (Å²) in [5.41, 5.74) is 4.05. The van der Waals surface area contributed by atoms with Crippen molar-refractivity contribution in [1.82, 2.24) is 4.98 Å². The van der Waals surface area contributed by atoms with E-state index >= 15 is 0 Å². The summed E-state index contributed by atoms with van der Waals surface area (Å²) in [6.45, 7) is 0. The van der Waals surface area contributed by atoms with Gasteiger partial charge in [-0.1, -0.05) is 48.5 Å². The molecule has 0 fully saturated rings. The van der Waals surface area contributed by atoms with Crippen LogP contribution < -0.4 is 0 Å². The predicted octanol–water partition coefficient (Wildman–Crippen LogP) is 4.73. The monoisotopic (exact) mass is 249 g/mol. The molecule has 0 aliphatic carbocycles. The fraction of sp³-hybridized carbons (Fsp3) is 0.222. The summed E-state index contributed by atoms with van der Waals surface area (Å²) in [5, 5.41) is 1.32. The van der Waals surface area contributed by atoms with E-state index in [0.29, 0.717) is 0 Å². The average Bonchev–Trinajstić information content (AvgIpc) is 2.87. The molecule has 1 N–H and O–H groups in total. The third-order valence-electron chi connectivity index (χ3n) is 3.59. The van der Waals surface area contributed by atoms with E-state index in [4.69, 9.17) is 0 Å². The number of fused-ring (bicyclic) bond motifs is 1. The number of aromatic amines is 1. The summed E-state index contributed by atoms with van der Waals surface area (Å²) < 4.78 is 0. The number of hydrogen-bond acceptors (Lipinski definition) is 0. The lowest BCUT2D eigenvalue weighted by molar-refractivity contribution is 0.726. The van der Waals surface area contributed by atoms with Crippen molar-refractivity contribution in [1.29, 1.82) is 0 Å². The number of aromatic nitrogens is 1. The largest absolute Gasteiger partial charge is 0.358 e. The van der Waals surface area contributed by atoms with Gasteiger partial charge in [0, 0.05) is 11.2 Å². The maximum absolute atomic E-state index is 3.49. The van der Waals surface area contributed by atoms with Gasteiger partial charge in [-0.05, 0) is 48.8 Å². The van der Waals surface area contributed by atoms with E-state index in [9.17, 15) is 0 Å². The molecule has 19 heavy (non-hydrogen) atoms. The first-order valence-electron chi connectivity index (χ1n) is 7.02. The van der Waals surface area contributed by atoms with Crippen LogP contribution in [0.1, 0.15) is 24.1 Å². The quantitative estimate of drug-likeness (QED) is 0.629. The maximum Gasteiger partial charge on any atom is 0.0456 e. The highest BCUT2D eigenvalue weighted by atomic mass is 14.7. The Morgan fingerprint density at radius 2 is 1.47 bits per heavy atom. The highest BCUT2D eigenvalue weighted by molar-refractivity contribution is 5.80. The molecule has 3 aromatic rings. The van der Waals surface area contributed by atoms with Crippen LogP contribution in [0.3, 0.4) is 0 Å². The number of para-hydroxylation sites is 1. The van der Waals surface area contributed by atoms with E-state index in [-0.39, 0.29) is 0 Å². The Morgan fingerprint density at radius 1 is 0.737 bits per heavy atom. The zero-order valence-electron chi connectivity index (χ0n) is 11.1. The molecule has 0 spiro atoms. The van der Waals surface area contributed by atoms with Crippen LogP contribution in [0.15, 0.2) is 60.7 Å². The lowest BCUT2D eigenvalue weighted by Gasteiger charge is -2.00. The zero-order chi connectivity index (χ0) is 12.9. The molecule has 1 heterocycles. The summed E-state index contributed by atoms with van der Waals surface area (Å²) >= 11 is 0. The molecule has 0 amide bonds. The number of rotatable bonds is 5. The van der Waals surface area contributed by atoms with Gasteiger partial charge in [-0.15, -0.1) is 0 Å². The third kappa shape index (κ3) is 3.05. The minimum Gasteiger partial charge on any atom is -0.358 e. The van der Waals surface area contributed by atoms with Crippen molar-refractivity contribution in [3.8, 4) is 0 Å². The lowest BCUT2D eigenvalue weighted by atomic mass is 10.1. The van der Waals surface area contributed by atoms with Gasteiger partial charge in [0.05, 0.1) is 0 Å². The number of hydrogen-bond donors (Lipinski definition) is 1. The van der Waals surface area contributed by atoms with E-state index in [1.165, 1.54) is 41.4 Å². The summed E-state index contributed by atoms with van der Waals surface area (Å²) in [7, 11) is 0. The van der Waals surface area contributed by atoms with Crippen molar-refractivity contribution in [2.45, 2.75) is 25.7 Å². The van der Waals surface area contributed by atoms with Crippen molar-refractivity contribution in [2.24, 2.45) is 0 Å². The summed E-state index contributed by atoms with van der Waals surface area (Å²) in [4.78, 5) is 3.49. The Balaban J connectivity index is 1.52. The summed E-state index contributed by atoms with van der Waals surface area (Å²) in [6.07, 6.45) is 4.81. The second kappa shape index (κ2) is 5.75. The first-order valence-corrected chi connectivity index (χ1v) is 7.02. The summed E-state index contributed by atoms with van der Waals surface area (Å²) in [6, 6.07) is 21.5. The van der Waals surface area contributed by atoms with Crippen molar-refractivity contribution < 1.29 is 0 Å². The molecule has 1 nitrogen and oxygen atoms in total. The molecule has 2 aromatic carbocycles. The smallest absolute Gasteiger partial charge is 0.0456 e. The minimum absolute atomic E-state index is 1.14. The molecule has 1 heteroatoms. The topological polar surface area (TPSA) is 15.8 Å². The Hall–Kier alpha value is -2.02. The second-order valence-corrected chi connectivity index (χ2v) is 5.07. The van der Waals surface area contributed by atoms with Gasteiger partial charge in [0.25, 0.3) is 0 Å². The number of H-pyrrole nitrogens is 1. The van der Waals surface area contributed by atoms with Crippen molar-refractivity contribution >= 4 is 10.9 Å². The number of aryl methyl sites for hydroxylation is 2. The zero-order valence-corrected chi connectivity index (χ0v) is 11.1. The van der Waals surface area contributed by atoms with Crippen LogP contribution in [-0.4, -0.2) is 4.98 Å².